The number of benzene rings is 1. The van der Waals surface area contributed by atoms with Gasteiger partial charge < -0.3 is 4.74 Å². The van der Waals surface area contributed by atoms with E-state index in [9.17, 15) is 18.0 Å². The highest BCUT2D eigenvalue weighted by molar-refractivity contribution is 9.10. The third kappa shape index (κ3) is 8.87. The van der Waals surface area contributed by atoms with Gasteiger partial charge in [0.2, 0.25) is 0 Å². The Kier molecular flexibility index (Phi) is 8.91. The standard InChI is InChI=1S/C16H23BrN2O5S/c1-3-4-5-9-25(22,23)11-15(20)18-19-16(21)12(2)24-14-8-6-7-13(17)10-14/h6-8,10,12H,3-5,9,11H2,1-2H3,(H,18,20)(H,19,21). The van der Waals surface area contributed by atoms with Crippen LogP contribution in [0.25, 0.3) is 0 Å². The predicted molar refractivity (Wildman–Crippen MR) is 98.7 cm³/mol. The number of hydrazine groups is 1. The lowest BCUT2D eigenvalue weighted by Gasteiger charge is -2.15. The van der Waals surface area contributed by atoms with Gasteiger partial charge in [-0.05, 0) is 31.5 Å². The predicted octanol–water partition coefficient (Wildman–Crippen LogP) is 1.97. The smallest absolute Gasteiger partial charge is 0.279 e. The van der Waals surface area contributed by atoms with E-state index >= 15 is 0 Å². The highest BCUT2D eigenvalue weighted by Gasteiger charge is 2.19. The van der Waals surface area contributed by atoms with Crippen LogP contribution in [0, 0.1) is 0 Å². The van der Waals surface area contributed by atoms with Crippen LogP contribution >= 0.6 is 15.9 Å². The third-order valence-corrected chi connectivity index (χ3v) is 5.32. The van der Waals surface area contributed by atoms with Crippen LogP contribution in [-0.4, -0.2) is 37.8 Å². The Morgan fingerprint density at radius 1 is 1.24 bits per heavy atom. The monoisotopic (exact) mass is 434 g/mol. The van der Waals surface area contributed by atoms with Crippen molar-refractivity contribution in [2.24, 2.45) is 0 Å². The Morgan fingerprint density at radius 3 is 2.60 bits per heavy atom. The average Bonchev–Trinajstić information content (AvgIpc) is 2.52. The molecule has 9 heteroatoms. The zero-order valence-corrected chi connectivity index (χ0v) is 16.7. The van der Waals surface area contributed by atoms with Crippen molar-refractivity contribution in [2.45, 2.75) is 39.2 Å². The summed E-state index contributed by atoms with van der Waals surface area (Å²) in [6.45, 7) is 3.48. The second-order valence-electron chi connectivity index (χ2n) is 5.55. The number of unbranched alkanes of at least 4 members (excludes halogenated alkanes) is 2. The molecule has 0 heterocycles. The van der Waals surface area contributed by atoms with Gasteiger partial charge in [0.25, 0.3) is 11.8 Å². The van der Waals surface area contributed by atoms with Gasteiger partial charge in [-0.15, -0.1) is 0 Å². The van der Waals surface area contributed by atoms with Crippen molar-refractivity contribution in [3.05, 3.63) is 28.7 Å². The number of nitrogens with one attached hydrogen (secondary N) is 2. The molecule has 1 unspecified atom stereocenters. The molecule has 0 aliphatic rings. The third-order valence-electron chi connectivity index (χ3n) is 3.21. The van der Waals surface area contributed by atoms with E-state index in [4.69, 9.17) is 4.74 Å². The summed E-state index contributed by atoms with van der Waals surface area (Å²) in [6, 6.07) is 6.97. The highest BCUT2D eigenvalue weighted by Crippen LogP contribution is 2.18. The first-order valence-electron chi connectivity index (χ1n) is 7.95. The molecule has 0 aromatic heterocycles. The van der Waals surface area contributed by atoms with Gasteiger partial charge in [0.05, 0.1) is 5.75 Å². The number of hydrogen-bond donors (Lipinski definition) is 2. The number of amides is 2. The first-order valence-corrected chi connectivity index (χ1v) is 10.6. The molecular weight excluding hydrogens is 412 g/mol. The van der Waals surface area contributed by atoms with Gasteiger partial charge in [-0.3, -0.25) is 20.4 Å². The molecule has 0 saturated carbocycles. The molecule has 0 fully saturated rings. The molecule has 0 saturated heterocycles. The Balaban J connectivity index is 2.40. The van der Waals surface area contributed by atoms with Gasteiger partial charge >= 0.3 is 0 Å². The number of ether oxygens (including phenoxy) is 1. The van der Waals surface area contributed by atoms with Crippen LogP contribution in [-0.2, 0) is 19.4 Å². The number of carbonyl (C=O) groups excluding carboxylic acids is 2. The number of sulfone groups is 1. The summed E-state index contributed by atoms with van der Waals surface area (Å²) in [7, 11) is -3.47. The van der Waals surface area contributed by atoms with E-state index in [1.807, 2.05) is 13.0 Å². The molecule has 0 spiro atoms. The summed E-state index contributed by atoms with van der Waals surface area (Å²) in [6.07, 6.45) is 1.35. The SMILES string of the molecule is CCCCCS(=O)(=O)CC(=O)NNC(=O)C(C)Oc1cccc(Br)c1. The van der Waals surface area contributed by atoms with Crippen LogP contribution < -0.4 is 15.6 Å². The van der Waals surface area contributed by atoms with E-state index in [1.54, 1.807) is 18.2 Å². The molecule has 0 bridgehead atoms. The van der Waals surface area contributed by atoms with E-state index in [-0.39, 0.29) is 5.75 Å². The molecule has 1 rings (SSSR count). The summed E-state index contributed by atoms with van der Waals surface area (Å²) in [4.78, 5) is 23.6. The molecule has 0 radical (unpaired) electrons. The number of halogens is 1. The lowest BCUT2D eigenvalue weighted by molar-refractivity contribution is -0.132. The minimum atomic E-state index is -3.47. The van der Waals surface area contributed by atoms with Gasteiger partial charge in [0.1, 0.15) is 11.5 Å². The Hall–Kier alpha value is -1.61. The molecule has 7 nitrogen and oxygen atoms in total. The van der Waals surface area contributed by atoms with E-state index < -0.39 is 33.5 Å². The summed E-state index contributed by atoms with van der Waals surface area (Å²) in [5.74, 6) is -1.57. The summed E-state index contributed by atoms with van der Waals surface area (Å²) < 4.78 is 29.8. The first kappa shape index (κ1) is 21.4. The van der Waals surface area contributed by atoms with Crippen LogP contribution in [0.2, 0.25) is 0 Å². The lowest BCUT2D eigenvalue weighted by Crippen LogP contribution is -2.48. The molecule has 1 atom stereocenters. The van der Waals surface area contributed by atoms with Gasteiger partial charge in [0, 0.05) is 4.47 Å². The van der Waals surface area contributed by atoms with Crippen molar-refractivity contribution in [1.82, 2.24) is 10.9 Å². The summed E-state index contributed by atoms with van der Waals surface area (Å²) in [5, 5.41) is 0. The van der Waals surface area contributed by atoms with Crippen molar-refractivity contribution >= 4 is 37.6 Å². The fourth-order valence-corrected chi connectivity index (χ4v) is 3.55. The molecule has 1 aromatic rings. The largest absolute Gasteiger partial charge is 0.481 e. The maximum absolute atomic E-state index is 11.9. The molecule has 0 aliphatic carbocycles. The Bertz CT molecular complexity index is 694. The van der Waals surface area contributed by atoms with E-state index in [0.717, 1.165) is 17.3 Å². The molecule has 25 heavy (non-hydrogen) atoms. The van der Waals surface area contributed by atoms with Gasteiger partial charge in [-0.25, -0.2) is 8.42 Å². The zero-order chi connectivity index (χ0) is 18.9. The minimum absolute atomic E-state index is 0.0371. The molecule has 1 aromatic carbocycles. The zero-order valence-electron chi connectivity index (χ0n) is 14.2. The first-order chi connectivity index (χ1) is 11.7. The van der Waals surface area contributed by atoms with E-state index in [1.165, 1.54) is 6.92 Å². The quantitative estimate of drug-likeness (QED) is 0.456. The van der Waals surface area contributed by atoms with E-state index in [0.29, 0.717) is 12.2 Å². The topological polar surface area (TPSA) is 102 Å². The molecular formula is C16H23BrN2O5S. The molecule has 2 N–H and O–H groups in total. The van der Waals surface area contributed by atoms with Crippen LogP contribution in [0.5, 0.6) is 5.75 Å². The normalized spacial score (nSPS) is 12.3. The van der Waals surface area contributed by atoms with Gasteiger partial charge in [-0.1, -0.05) is 41.8 Å². The van der Waals surface area contributed by atoms with Crippen molar-refractivity contribution in [1.29, 1.82) is 0 Å². The Labute approximate surface area is 156 Å². The fraction of sp³-hybridized carbons (Fsp3) is 0.500. The minimum Gasteiger partial charge on any atom is -0.481 e. The Morgan fingerprint density at radius 2 is 1.96 bits per heavy atom. The summed E-state index contributed by atoms with van der Waals surface area (Å²) >= 11 is 3.29. The summed E-state index contributed by atoms with van der Waals surface area (Å²) in [5.41, 5.74) is 4.27. The van der Waals surface area contributed by atoms with Crippen molar-refractivity contribution < 1.29 is 22.7 Å². The fourth-order valence-electron chi connectivity index (χ4n) is 1.91. The molecule has 2 amide bonds. The number of carbonyl (C=O) groups is 2. The van der Waals surface area contributed by atoms with Crippen molar-refractivity contribution in [3.63, 3.8) is 0 Å². The van der Waals surface area contributed by atoms with Crippen LogP contribution in [0.1, 0.15) is 33.1 Å². The second kappa shape index (κ2) is 10.4. The average molecular weight is 435 g/mol. The molecule has 0 aliphatic heterocycles. The van der Waals surface area contributed by atoms with Gasteiger partial charge in [0.15, 0.2) is 15.9 Å². The number of hydrogen-bond acceptors (Lipinski definition) is 5. The number of rotatable bonds is 9. The van der Waals surface area contributed by atoms with E-state index in [2.05, 4.69) is 26.8 Å². The van der Waals surface area contributed by atoms with Crippen LogP contribution in [0.3, 0.4) is 0 Å². The van der Waals surface area contributed by atoms with Crippen molar-refractivity contribution in [3.8, 4) is 5.75 Å². The second-order valence-corrected chi connectivity index (χ2v) is 8.65. The molecule has 140 valence electrons. The van der Waals surface area contributed by atoms with Gasteiger partial charge in [-0.2, -0.15) is 0 Å². The lowest BCUT2D eigenvalue weighted by atomic mass is 10.3. The maximum Gasteiger partial charge on any atom is 0.279 e. The van der Waals surface area contributed by atoms with Crippen molar-refractivity contribution in [2.75, 3.05) is 11.5 Å². The van der Waals surface area contributed by atoms with Crippen LogP contribution in [0.4, 0.5) is 0 Å². The highest BCUT2D eigenvalue weighted by atomic mass is 79.9. The maximum atomic E-state index is 11.9. The van der Waals surface area contributed by atoms with Crippen LogP contribution in [0.15, 0.2) is 28.7 Å².